The van der Waals surface area contributed by atoms with Gasteiger partial charge < -0.3 is 10.3 Å². The topological polar surface area (TPSA) is 83.0 Å². The molecule has 3 rings (SSSR count). The highest BCUT2D eigenvalue weighted by molar-refractivity contribution is 6.32. The zero-order chi connectivity index (χ0) is 17.1. The van der Waals surface area contributed by atoms with Gasteiger partial charge in [-0.15, -0.1) is 0 Å². The molecule has 1 atom stereocenters. The van der Waals surface area contributed by atoms with E-state index in [4.69, 9.17) is 11.6 Å². The summed E-state index contributed by atoms with van der Waals surface area (Å²) in [5.41, 5.74) is 0.796. The number of H-pyrrole nitrogens is 1. The lowest BCUT2D eigenvalue weighted by atomic mass is 10.1. The normalized spacial score (nSPS) is 20.1. The van der Waals surface area contributed by atoms with Crippen LogP contribution < -0.4 is 10.9 Å². The maximum Gasteiger partial charge on any atom is 0.272 e. The molecule has 1 unspecified atom stereocenters. The molecule has 0 spiro atoms. The average Bonchev–Trinajstić information content (AvgIpc) is 2.76. The number of aromatic nitrogens is 3. The summed E-state index contributed by atoms with van der Waals surface area (Å²) in [5.74, 6) is 0.273. The van der Waals surface area contributed by atoms with Crippen molar-refractivity contribution in [1.29, 1.82) is 0 Å². The van der Waals surface area contributed by atoms with Crippen LogP contribution in [0, 0.1) is 11.9 Å². The van der Waals surface area contributed by atoms with Crippen LogP contribution in [0.3, 0.4) is 0 Å². The Labute approximate surface area is 143 Å². The van der Waals surface area contributed by atoms with Crippen LogP contribution in [0.5, 0.6) is 0 Å². The molecule has 1 aliphatic heterocycles. The van der Waals surface area contributed by atoms with E-state index in [9.17, 15) is 9.18 Å². The van der Waals surface area contributed by atoms with E-state index in [1.165, 1.54) is 12.3 Å². The number of rotatable bonds is 2. The van der Waals surface area contributed by atoms with Crippen LogP contribution in [-0.4, -0.2) is 33.8 Å². The summed E-state index contributed by atoms with van der Waals surface area (Å²) >= 11 is 6.05. The Morgan fingerprint density at radius 1 is 1.46 bits per heavy atom. The van der Waals surface area contributed by atoms with Gasteiger partial charge >= 0.3 is 0 Å². The summed E-state index contributed by atoms with van der Waals surface area (Å²) in [4.78, 5) is 26.8. The quantitative estimate of drug-likeness (QED) is 0.817. The summed E-state index contributed by atoms with van der Waals surface area (Å²) in [6, 6.07) is 2.75. The van der Waals surface area contributed by atoms with E-state index in [2.05, 4.69) is 32.2 Å². The lowest BCUT2D eigenvalue weighted by Crippen LogP contribution is -2.22. The lowest BCUT2D eigenvalue weighted by Gasteiger charge is -2.06. The molecule has 1 saturated heterocycles. The van der Waals surface area contributed by atoms with Gasteiger partial charge in [0.1, 0.15) is 5.82 Å². The smallest absolute Gasteiger partial charge is 0.272 e. The van der Waals surface area contributed by atoms with E-state index < -0.39 is 11.5 Å². The Balaban J connectivity index is 2.00. The number of pyridine rings is 1. The van der Waals surface area contributed by atoms with Gasteiger partial charge in [0.25, 0.3) is 5.56 Å². The lowest BCUT2D eigenvalue weighted by molar-refractivity contribution is 0.527. The summed E-state index contributed by atoms with van der Waals surface area (Å²) < 4.78 is 13.3. The van der Waals surface area contributed by atoms with E-state index in [0.717, 1.165) is 25.1 Å². The van der Waals surface area contributed by atoms with Crippen molar-refractivity contribution in [3.05, 3.63) is 39.7 Å². The molecule has 2 aromatic heterocycles. The molecule has 0 radical (unpaired) electrons. The van der Waals surface area contributed by atoms with Crippen LogP contribution in [0.2, 0.25) is 5.02 Å². The number of hydrogen-bond donors (Lipinski definition) is 2. The summed E-state index contributed by atoms with van der Waals surface area (Å²) in [7, 11) is 0. The van der Waals surface area contributed by atoms with Gasteiger partial charge in [0.2, 0.25) is 5.95 Å². The number of aliphatic imine (C=N–C) groups is 1. The van der Waals surface area contributed by atoms with Crippen molar-refractivity contribution >= 4 is 23.1 Å². The molecular weight excluding hydrogens is 333 g/mol. The van der Waals surface area contributed by atoms with Gasteiger partial charge in [-0.2, -0.15) is 4.39 Å². The molecule has 8 heteroatoms. The molecule has 126 valence electrons. The maximum absolute atomic E-state index is 13.3. The van der Waals surface area contributed by atoms with Crippen molar-refractivity contribution in [2.75, 3.05) is 13.1 Å². The van der Waals surface area contributed by atoms with Gasteiger partial charge in [-0.1, -0.05) is 18.5 Å². The number of halogens is 2. The third-order valence-electron chi connectivity index (χ3n) is 3.86. The fourth-order valence-corrected chi connectivity index (χ4v) is 2.65. The first-order valence-electron chi connectivity index (χ1n) is 7.72. The fourth-order valence-electron chi connectivity index (χ4n) is 2.52. The van der Waals surface area contributed by atoms with Crippen LogP contribution in [0.15, 0.2) is 28.1 Å². The Hall–Kier alpha value is -2.12. The molecular formula is C16H17ClFN5O. The van der Waals surface area contributed by atoms with E-state index in [-0.39, 0.29) is 16.7 Å². The van der Waals surface area contributed by atoms with E-state index in [1.807, 2.05) is 0 Å². The molecule has 3 heterocycles. The summed E-state index contributed by atoms with van der Waals surface area (Å²) in [6.07, 6.45) is 3.13. The molecule has 2 N–H and O–H groups in total. The predicted octanol–water partition coefficient (Wildman–Crippen LogP) is 2.72. The molecule has 0 aliphatic carbocycles. The van der Waals surface area contributed by atoms with Crippen molar-refractivity contribution < 1.29 is 4.39 Å². The minimum absolute atomic E-state index is 0.0712. The Kier molecular flexibility index (Phi) is 5.01. The van der Waals surface area contributed by atoms with Gasteiger partial charge in [0.05, 0.1) is 0 Å². The second kappa shape index (κ2) is 7.19. The summed E-state index contributed by atoms with van der Waals surface area (Å²) in [5, 5.41) is 3.24. The molecule has 0 saturated carbocycles. The molecule has 1 fully saturated rings. The van der Waals surface area contributed by atoms with E-state index >= 15 is 0 Å². The third-order valence-corrected chi connectivity index (χ3v) is 4.20. The van der Waals surface area contributed by atoms with Crippen molar-refractivity contribution in [3.63, 3.8) is 0 Å². The minimum atomic E-state index is -0.653. The highest BCUT2D eigenvalue weighted by Crippen LogP contribution is 2.23. The van der Waals surface area contributed by atoms with Gasteiger partial charge in [-0.05, 0) is 31.4 Å². The number of nitrogens with zero attached hydrogens (tertiary/aromatic N) is 3. The van der Waals surface area contributed by atoms with Crippen LogP contribution in [0.1, 0.15) is 19.8 Å². The molecule has 2 aromatic rings. The van der Waals surface area contributed by atoms with Crippen molar-refractivity contribution in [2.45, 2.75) is 19.8 Å². The SMILES string of the molecule is CC1CC/C(=N\c2nc(-c3ccnc(F)c3)[nH]c(=O)c2Cl)CNC1. The minimum Gasteiger partial charge on any atom is -0.311 e. The van der Waals surface area contributed by atoms with Crippen LogP contribution in [-0.2, 0) is 0 Å². The van der Waals surface area contributed by atoms with E-state index in [1.54, 1.807) is 6.07 Å². The van der Waals surface area contributed by atoms with Crippen molar-refractivity contribution in [3.8, 4) is 11.4 Å². The first kappa shape index (κ1) is 16.7. The number of aromatic amines is 1. The largest absolute Gasteiger partial charge is 0.311 e. The zero-order valence-electron chi connectivity index (χ0n) is 13.1. The number of hydrogen-bond acceptors (Lipinski definition) is 5. The average molecular weight is 350 g/mol. The van der Waals surface area contributed by atoms with Crippen LogP contribution in [0.25, 0.3) is 11.4 Å². The Morgan fingerprint density at radius 3 is 3.08 bits per heavy atom. The fraction of sp³-hybridized carbons (Fsp3) is 0.375. The van der Waals surface area contributed by atoms with Gasteiger partial charge in [-0.25, -0.2) is 15.0 Å². The standard InChI is InChI=1S/C16H17ClFN5O/c1-9-2-3-11(8-19-7-9)21-15-13(17)16(24)23-14(22-15)10-4-5-20-12(18)6-10/h4-6,9,19H,2-3,7-8H2,1H3,(H,22,23,24)/b21-11+. The highest BCUT2D eigenvalue weighted by atomic mass is 35.5. The second-order valence-electron chi connectivity index (χ2n) is 5.87. The van der Waals surface area contributed by atoms with Crippen LogP contribution >= 0.6 is 11.6 Å². The molecule has 0 bridgehead atoms. The predicted molar refractivity (Wildman–Crippen MR) is 91.4 cm³/mol. The molecule has 1 aliphatic rings. The molecule has 0 amide bonds. The van der Waals surface area contributed by atoms with E-state index in [0.29, 0.717) is 18.0 Å². The van der Waals surface area contributed by atoms with Crippen LogP contribution in [0.4, 0.5) is 10.2 Å². The molecule has 0 aromatic carbocycles. The van der Waals surface area contributed by atoms with Gasteiger partial charge in [0.15, 0.2) is 10.8 Å². The molecule has 24 heavy (non-hydrogen) atoms. The maximum atomic E-state index is 13.3. The second-order valence-corrected chi connectivity index (χ2v) is 6.25. The molecule has 6 nitrogen and oxygen atoms in total. The third kappa shape index (κ3) is 3.85. The first-order chi connectivity index (χ1) is 11.5. The van der Waals surface area contributed by atoms with Gasteiger partial charge in [-0.3, -0.25) is 4.79 Å². The number of nitrogens with one attached hydrogen (secondary N) is 2. The Morgan fingerprint density at radius 2 is 2.29 bits per heavy atom. The van der Waals surface area contributed by atoms with Crippen molar-refractivity contribution in [1.82, 2.24) is 20.3 Å². The van der Waals surface area contributed by atoms with Crippen molar-refractivity contribution in [2.24, 2.45) is 10.9 Å². The first-order valence-corrected chi connectivity index (χ1v) is 8.09. The summed E-state index contributed by atoms with van der Waals surface area (Å²) in [6.45, 7) is 3.73. The monoisotopic (exact) mass is 349 g/mol. The zero-order valence-corrected chi connectivity index (χ0v) is 13.9. The van der Waals surface area contributed by atoms with Gasteiger partial charge in [0, 0.05) is 30.1 Å². The highest BCUT2D eigenvalue weighted by Gasteiger charge is 2.15. The Bertz CT molecular complexity index is 835.